The second-order valence-corrected chi connectivity index (χ2v) is 10.2. The van der Waals surface area contributed by atoms with Gasteiger partial charge in [0.25, 0.3) is 0 Å². The summed E-state index contributed by atoms with van der Waals surface area (Å²) in [5.41, 5.74) is 2.35. The second-order valence-electron chi connectivity index (χ2n) is 8.26. The summed E-state index contributed by atoms with van der Waals surface area (Å²) in [5, 5.41) is 4.27. The fourth-order valence-corrected chi connectivity index (χ4v) is 6.09. The van der Waals surface area contributed by atoms with Gasteiger partial charge in [-0.1, -0.05) is 18.6 Å². The van der Waals surface area contributed by atoms with E-state index in [0.29, 0.717) is 13.1 Å². The molecule has 2 N–H and O–H groups in total. The van der Waals surface area contributed by atoms with Gasteiger partial charge >= 0.3 is 0 Å². The SMILES string of the molecule is CS(=O)(=O)N1CCCN(Cc2cccc3[nH]ccc23)CCNC(=O)[C@@H]2CCC[C@@H]21. The molecule has 2 fully saturated rings. The lowest BCUT2D eigenvalue weighted by Crippen LogP contribution is -2.47. The quantitative estimate of drug-likeness (QED) is 0.798. The summed E-state index contributed by atoms with van der Waals surface area (Å²) in [6, 6.07) is 8.13. The van der Waals surface area contributed by atoms with Crippen molar-refractivity contribution in [3.63, 3.8) is 0 Å². The largest absolute Gasteiger partial charge is 0.361 e. The fraction of sp³-hybridized carbons (Fsp3) is 0.571. The number of nitrogens with zero attached hydrogens (tertiary/aromatic N) is 2. The van der Waals surface area contributed by atoms with Crippen molar-refractivity contribution in [2.45, 2.75) is 38.3 Å². The maximum Gasteiger partial charge on any atom is 0.224 e. The minimum absolute atomic E-state index is 0.00395. The number of amides is 1. The number of rotatable bonds is 3. The number of aromatic amines is 1. The van der Waals surface area contributed by atoms with Crippen LogP contribution in [-0.4, -0.2) is 67.0 Å². The molecule has 2 heterocycles. The number of benzene rings is 1. The molecule has 7 nitrogen and oxygen atoms in total. The number of fused-ring (bicyclic) bond motifs is 2. The van der Waals surface area contributed by atoms with E-state index in [2.05, 4.69) is 39.5 Å². The van der Waals surface area contributed by atoms with Gasteiger partial charge in [0.1, 0.15) is 0 Å². The molecule has 8 heteroatoms. The highest BCUT2D eigenvalue weighted by atomic mass is 32.2. The molecule has 2 aromatic rings. The van der Waals surface area contributed by atoms with Crippen LogP contribution in [0.5, 0.6) is 0 Å². The summed E-state index contributed by atoms with van der Waals surface area (Å²) in [7, 11) is -3.35. The Morgan fingerprint density at radius 3 is 2.79 bits per heavy atom. The van der Waals surface area contributed by atoms with Gasteiger partial charge in [-0.3, -0.25) is 9.69 Å². The Labute approximate surface area is 172 Å². The predicted octanol–water partition coefficient (Wildman–Crippen LogP) is 1.92. The highest BCUT2D eigenvalue weighted by Crippen LogP contribution is 2.32. The molecule has 1 aliphatic heterocycles. The first-order valence-electron chi connectivity index (χ1n) is 10.5. The van der Waals surface area contributed by atoms with Gasteiger partial charge in [0, 0.05) is 49.3 Å². The number of sulfonamides is 1. The minimum atomic E-state index is -3.35. The van der Waals surface area contributed by atoms with Crippen LogP contribution in [0.15, 0.2) is 30.5 Å². The average Bonchev–Trinajstić information content (AvgIpc) is 3.32. The van der Waals surface area contributed by atoms with E-state index in [9.17, 15) is 13.2 Å². The molecule has 2 atom stereocenters. The molecule has 0 spiro atoms. The van der Waals surface area contributed by atoms with E-state index < -0.39 is 10.0 Å². The number of nitrogens with one attached hydrogen (secondary N) is 2. The molecule has 2 aliphatic rings. The first-order valence-corrected chi connectivity index (χ1v) is 12.3. The zero-order chi connectivity index (χ0) is 20.4. The van der Waals surface area contributed by atoms with Crippen LogP contribution < -0.4 is 5.32 Å². The number of H-pyrrole nitrogens is 1. The van der Waals surface area contributed by atoms with Crippen LogP contribution in [-0.2, 0) is 21.4 Å². The maximum atomic E-state index is 12.7. The molecule has 1 aliphatic carbocycles. The predicted molar refractivity (Wildman–Crippen MR) is 114 cm³/mol. The van der Waals surface area contributed by atoms with Crippen LogP contribution in [0.25, 0.3) is 10.9 Å². The maximum absolute atomic E-state index is 12.7. The van der Waals surface area contributed by atoms with E-state index >= 15 is 0 Å². The highest BCUT2D eigenvalue weighted by Gasteiger charge is 2.40. The van der Waals surface area contributed by atoms with Gasteiger partial charge in [-0.2, -0.15) is 4.31 Å². The van der Waals surface area contributed by atoms with Crippen molar-refractivity contribution in [2.75, 3.05) is 32.4 Å². The van der Waals surface area contributed by atoms with Gasteiger partial charge in [-0.25, -0.2) is 8.42 Å². The Hall–Kier alpha value is -1.90. The molecule has 0 unspecified atom stereocenters. The normalized spacial score (nSPS) is 25.5. The molecule has 1 aromatic heterocycles. The Balaban J connectivity index is 1.53. The van der Waals surface area contributed by atoms with Gasteiger partial charge in [0.2, 0.25) is 15.9 Å². The highest BCUT2D eigenvalue weighted by molar-refractivity contribution is 7.88. The van der Waals surface area contributed by atoms with Crippen molar-refractivity contribution in [3.05, 3.63) is 36.0 Å². The van der Waals surface area contributed by atoms with Gasteiger partial charge in [0.15, 0.2) is 0 Å². The van der Waals surface area contributed by atoms with E-state index in [1.807, 2.05) is 6.20 Å². The van der Waals surface area contributed by atoms with E-state index in [0.717, 1.165) is 50.8 Å². The number of aromatic nitrogens is 1. The fourth-order valence-electron chi connectivity index (χ4n) is 4.89. The molecule has 0 bridgehead atoms. The number of hydrogen-bond acceptors (Lipinski definition) is 4. The topological polar surface area (TPSA) is 85.5 Å². The molecular formula is C21H30N4O3S. The van der Waals surface area contributed by atoms with Crippen molar-refractivity contribution in [3.8, 4) is 0 Å². The van der Waals surface area contributed by atoms with Crippen LogP contribution >= 0.6 is 0 Å². The zero-order valence-electron chi connectivity index (χ0n) is 16.9. The van der Waals surface area contributed by atoms with E-state index in [-0.39, 0.29) is 17.9 Å². The summed E-state index contributed by atoms with van der Waals surface area (Å²) in [6.07, 6.45) is 6.41. The molecule has 158 valence electrons. The summed E-state index contributed by atoms with van der Waals surface area (Å²) in [4.78, 5) is 18.3. The molecule has 29 heavy (non-hydrogen) atoms. The van der Waals surface area contributed by atoms with Gasteiger partial charge in [0.05, 0.1) is 12.2 Å². The van der Waals surface area contributed by atoms with Crippen molar-refractivity contribution in [1.29, 1.82) is 0 Å². The zero-order valence-corrected chi connectivity index (χ0v) is 17.7. The standard InChI is InChI=1S/C21H30N4O3S/c1-29(27,28)25-13-4-12-24(14-11-23-21(26)18-6-3-8-20(18)25)15-16-5-2-7-19-17(16)9-10-22-19/h2,5,7,9-10,18,20,22H,3-4,6,8,11-15H2,1H3,(H,23,26)/t18-,20+/m1/s1. The van der Waals surface area contributed by atoms with Crippen LogP contribution in [0.3, 0.4) is 0 Å². The molecule has 0 radical (unpaired) electrons. The third-order valence-corrected chi connectivity index (χ3v) is 7.58. The molecule has 1 saturated carbocycles. The minimum Gasteiger partial charge on any atom is -0.361 e. The Kier molecular flexibility index (Phi) is 5.94. The van der Waals surface area contributed by atoms with E-state index in [1.54, 1.807) is 4.31 Å². The van der Waals surface area contributed by atoms with Crippen LogP contribution in [0, 0.1) is 5.92 Å². The molecule has 1 aromatic carbocycles. The lowest BCUT2D eigenvalue weighted by Gasteiger charge is -2.30. The summed E-state index contributed by atoms with van der Waals surface area (Å²) in [6.45, 7) is 3.38. The third kappa shape index (κ3) is 4.49. The van der Waals surface area contributed by atoms with Crippen molar-refractivity contribution < 1.29 is 13.2 Å². The Morgan fingerprint density at radius 1 is 1.10 bits per heavy atom. The lowest BCUT2D eigenvalue weighted by atomic mass is 10.0. The van der Waals surface area contributed by atoms with Gasteiger partial charge in [-0.05, 0) is 43.5 Å². The summed E-state index contributed by atoms with van der Waals surface area (Å²) >= 11 is 0. The van der Waals surface area contributed by atoms with Crippen LogP contribution in [0.4, 0.5) is 0 Å². The van der Waals surface area contributed by atoms with Crippen LogP contribution in [0.2, 0.25) is 0 Å². The first-order chi connectivity index (χ1) is 13.9. The van der Waals surface area contributed by atoms with Gasteiger partial charge in [-0.15, -0.1) is 0 Å². The number of carbonyl (C=O) groups is 1. The van der Waals surface area contributed by atoms with Crippen molar-refractivity contribution in [2.24, 2.45) is 5.92 Å². The molecule has 1 saturated heterocycles. The first kappa shape index (κ1) is 20.4. The molecular weight excluding hydrogens is 388 g/mol. The Bertz CT molecular complexity index is 971. The second kappa shape index (κ2) is 8.45. The van der Waals surface area contributed by atoms with Crippen molar-refractivity contribution in [1.82, 2.24) is 19.5 Å². The summed E-state index contributed by atoms with van der Waals surface area (Å²) in [5.74, 6) is -0.236. The van der Waals surface area contributed by atoms with Gasteiger partial charge < -0.3 is 10.3 Å². The smallest absolute Gasteiger partial charge is 0.224 e. The Morgan fingerprint density at radius 2 is 1.97 bits per heavy atom. The number of carbonyl (C=O) groups excluding carboxylic acids is 1. The van der Waals surface area contributed by atoms with E-state index in [1.165, 1.54) is 17.2 Å². The van der Waals surface area contributed by atoms with Crippen LogP contribution in [0.1, 0.15) is 31.2 Å². The van der Waals surface area contributed by atoms with Crippen molar-refractivity contribution >= 4 is 26.8 Å². The average molecular weight is 419 g/mol. The lowest BCUT2D eigenvalue weighted by molar-refractivity contribution is -0.125. The number of hydrogen-bond donors (Lipinski definition) is 2. The monoisotopic (exact) mass is 418 g/mol. The summed E-state index contributed by atoms with van der Waals surface area (Å²) < 4.78 is 26.5. The molecule has 4 rings (SSSR count). The molecule has 1 amide bonds. The third-order valence-electron chi connectivity index (χ3n) is 6.27. The van der Waals surface area contributed by atoms with E-state index in [4.69, 9.17) is 0 Å².